The van der Waals surface area contributed by atoms with Crippen LogP contribution in [0.5, 0.6) is 0 Å². The smallest absolute Gasteiger partial charge is 0 e. The average molecular weight is 702 g/mol. The molecule has 0 atom stereocenters. The summed E-state index contributed by atoms with van der Waals surface area (Å²) in [6.07, 6.45) is 0. The van der Waals surface area contributed by atoms with Gasteiger partial charge in [0.1, 0.15) is 0 Å². The van der Waals surface area contributed by atoms with Crippen molar-refractivity contribution in [1.82, 2.24) is 0 Å². The van der Waals surface area contributed by atoms with Gasteiger partial charge in [0.15, 0.2) is 0 Å². The number of hydrogen-bond acceptors (Lipinski definition) is 0. The molecular weight excluding hydrogens is 663 g/mol. The molecule has 5 aromatic carbocycles. The Labute approximate surface area is 296 Å². The third kappa shape index (κ3) is 9.59. The van der Waals surface area contributed by atoms with Crippen LogP contribution in [-0.2, 0) is 98.1 Å². The summed E-state index contributed by atoms with van der Waals surface area (Å²) in [6.45, 7) is 12.0. The van der Waals surface area contributed by atoms with Crippen molar-refractivity contribution in [3.05, 3.63) is 117 Å². The van der Waals surface area contributed by atoms with E-state index in [2.05, 4.69) is 109 Å². The normalized spacial score (nSPS) is 8.50. The van der Waals surface area contributed by atoms with Gasteiger partial charge in [-0.2, -0.15) is 0 Å². The molecule has 36 heavy (non-hydrogen) atoms. The van der Waals surface area contributed by atoms with Gasteiger partial charge in [0.2, 0.25) is 0 Å². The molecule has 181 valence electrons. The van der Waals surface area contributed by atoms with Crippen molar-refractivity contribution in [2.24, 2.45) is 0 Å². The molecule has 3 heteroatoms. The van der Waals surface area contributed by atoms with Crippen LogP contribution in [0.2, 0.25) is 0 Å². The molecular formula is C33H39Y3-. The number of hydrogen-bond donors (Lipinski definition) is 0. The molecule has 0 aliphatic carbocycles. The molecule has 0 spiro atoms. The minimum absolute atomic E-state index is 0. The summed E-state index contributed by atoms with van der Waals surface area (Å²) in [4.78, 5) is 0. The molecule has 0 amide bonds. The van der Waals surface area contributed by atoms with Crippen molar-refractivity contribution >= 4 is 21.5 Å². The van der Waals surface area contributed by atoms with E-state index < -0.39 is 0 Å². The molecule has 0 saturated heterocycles. The summed E-state index contributed by atoms with van der Waals surface area (Å²) in [5, 5.41) is 5.21. The van der Waals surface area contributed by atoms with E-state index in [1.165, 1.54) is 43.8 Å². The minimum atomic E-state index is 0. The van der Waals surface area contributed by atoms with Crippen LogP contribution in [0.1, 0.15) is 41.5 Å². The molecule has 0 aromatic heterocycles. The summed E-state index contributed by atoms with van der Waals surface area (Å²) in [5.74, 6) is 0. The van der Waals surface area contributed by atoms with Crippen molar-refractivity contribution in [2.75, 3.05) is 0 Å². The van der Waals surface area contributed by atoms with Gasteiger partial charge in [0, 0.05) is 98.1 Å². The maximum Gasteiger partial charge on any atom is 0 e. The summed E-state index contributed by atoms with van der Waals surface area (Å²) in [7, 11) is 0. The average Bonchev–Trinajstić information content (AvgIpc) is 2.91. The van der Waals surface area contributed by atoms with Crippen molar-refractivity contribution in [3.8, 4) is 22.3 Å². The van der Waals surface area contributed by atoms with Gasteiger partial charge in [0.05, 0.1) is 0 Å². The quantitative estimate of drug-likeness (QED) is 0.127. The van der Waals surface area contributed by atoms with E-state index in [4.69, 9.17) is 0 Å². The zero-order chi connectivity index (χ0) is 23.3. The molecule has 5 aromatic rings. The number of fused-ring (bicyclic) bond motifs is 2. The second kappa shape index (κ2) is 22.9. The molecule has 0 aliphatic heterocycles. The van der Waals surface area contributed by atoms with E-state index in [0.29, 0.717) is 0 Å². The number of rotatable bonds is 2. The molecule has 0 bridgehead atoms. The number of benzene rings is 5. The van der Waals surface area contributed by atoms with Gasteiger partial charge in [0.25, 0.3) is 0 Å². The molecule has 5 rings (SSSR count). The third-order valence-corrected chi connectivity index (χ3v) is 5.06. The first-order valence-corrected chi connectivity index (χ1v) is 12.0. The molecule has 0 unspecified atom stereocenters. The van der Waals surface area contributed by atoms with Gasteiger partial charge in [-0.25, -0.2) is 0 Å². The van der Waals surface area contributed by atoms with Crippen LogP contribution in [0.3, 0.4) is 0 Å². The third-order valence-electron chi connectivity index (χ3n) is 5.06. The zero-order valence-electron chi connectivity index (χ0n) is 23.1. The standard InChI is InChI=1S/C26H18.3C2H6.CH3.3Y/c1-3-11-19(12-4-1)25-21-15-7-9-17-23(21)26(20-13-5-2-6-14-20)24-18-10-8-16-22(24)25;3*1-2;;;;/h1-18H;3*1-2H3;1H3;;;/q;;;;-1;;;. The fourth-order valence-electron chi connectivity index (χ4n) is 3.96. The van der Waals surface area contributed by atoms with Gasteiger partial charge in [-0.1, -0.05) is 151 Å². The Morgan fingerprint density at radius 2 is 0.500 bits per heavy atom. The second-order valence-electron chi connectivity index (χ2n) is 6.57. The first kappa shape index (κ1) is 40.4. The molecule has 0 fully saturated rings. The van der Waals surface area contributed by atoms with Gasteiger partial charge in [-0.15, -0.1) is 0 Å². The molecule has 3 radical (unpaired) electrons. The van der Waals surface area contributed by atoms with Gasteiger partial charge >= 0.3 is 0 Å². The van der Waals surface area contributed by atoms with Crippen LogP contribution in [-0.4, -0.2) is 0 Å². The van der Waals surface area contributed by atoms with Crippen LogP contribution >= 0.6 is 0 Å². The monoisotopic (exact) mass is 702 g/mol. The Hall–Kier alpha value is -0.0683. The fraction of sp³-hybridized carbons (Fsp3) is 0.182. The van der Waals surface area contributed by atoms with Crippen molar-refractivity contribution in [2.45, 2.75) is 41.5 Å². The van der Waals surface area contributed by atoms with Crippen LogP contribution in [0, 0.1) is 7.43 Å². The predicted octanol–water partition coefficient (Wildman–Crippen LogP) is 10.8. The SMILES string of the molecule is CC.CC.CC.[CH3-].[Y].[Y].[Y].c1ccc(-c2c3ccccc3c(-c3ccccc3)c3ccccc23)cc1. The van der Waals surface area contributed by atoms with E-state index in [1.54, 1.807) is 0 Å². The molecule has 0 N–H and O–H groups in total. The summed E-state index contributed by atoms with van der Waals surface area (Å²) >= 11 is 0. The Balaban J connectivity index is -0.00000102. The Kier molecular flexibility index (Phi) is 25.7. The summed E-state index contributed by atoms with van der Waals surface area (Å²) < 4.78 is 0. The van der Waals surface area contributed by atoms with E-state index in [1.807, 2.05) is 41.5 Å². The molecule has 0 heterocycles. The van der Waals surface area contributed by atoms with Crippen LogP contribution in [0.25, 0.3) is 43.8 Å². The van der Waals surface area contributed by atoms with E-state index in [0.717, 1.165) is 0 Å². The van der Waals surface area contributed by atoms with Crippen molar-refractivity contribution in [1.29, 1.82) is 0 Å². The van der Waals surface area contributed by atoms with Crippen LogP contribution in [0.15, 0.2) is 109 Å². The largest absolute Gasteiger partial charge is 0.358 e. The van der Waals surface area contributed by atoms with Crippen LogP contribution in [0.4, 0.5) is 0 Å². The zero-order valence-corrected chi connectivity index (χ0v) is 31.6. The first-order valence-electron chi connectivity index (χ1n) is 12.0. The predicted molar refractivity (Wildman–Crippen MR) is 153 cm³/mol. The minimum Gasteiger partial charge on any atom is -0.358 e. The first-order chi connectivity index (χ1) is 15.9. The van der Waals surface area contributed by atoms with Gasteiger partial charge in [-0.05, 0) is 43.8 Å². The molecule has 0 saturated carbocycles. The molecule has 0 aliphatic rings. The van der Waals surface area contributed by atoms with Crippen molar-refractivity contribution in [3.63, 3.8) is 0 Å². The maximum absolute atomic E-state index is 2.25. The van der Waals surface area contributed by atoms with Crippen molar-refractivity contribution < 1.29 is 98.1 Å². The second-order valence-corrected chi connectivity index (χ2v) is 6.57. The fourth-order valence-corrected chi connectivity index (χ4v) is 3.96. The summed E-state index contributed by atoms with van der Waals surface area (Å²) in [6, 6.07) is 39.0. The molecule has 0 nitrogen and oxygen atoms in total. The van der Waals surface area contributed by atoms with E-state index in [9.17, 15) is 0 Å². The van der Waals surface area contributed by atoms with E-state index in [-0.39, 0.29) is 106 Å². The van der Waals surface area contributed by atoms with Gasteiger partial charge < -0.3 is 7.43 Å². The van der Waals surface area contributed by atoms with Gasteiger partial charge in [-0.3, -0.25) is 0 Å². The topological polar surface area (TPSA) is 0 Å². The Morgan fingerprint density at radius 1 is 0.306 bits per heavy atom. The van der Waals surface area contributed by atoms with E-state index >= 15 is 0 Å². The summed E-state index contributed by atoms with van der Waals surface area (Å²) in [5.41, 5.74) is 5.16. The van der Waals surface area contributed by atoms with Crippen LogP contribution < -0.4 is 0 Å². The Morgan fingerprint density at radius 3 is 0.722 bits per heavy atom. The Bertz CT molecular complexity index is 1060. The maximum atomic E-state index is 2.25.